The molecule has 1 aromatic carbocycles. The van der Waals surface area contributed by atoms with Gasteiger partial charge in [0.2, 0.25) is 0 Å². The van der Waals surface area contributed by atoms with Crippen LogP contribution in [0.2, 0.25) is 0 Å². The smallest absolute Gasteiger partial charge is 0.124 e. The van der Waals surface area contributed by atoms with E-state index in [4.69, 9.17) is 10.5 Å². The summed E-state index contributed by atoms with van der Waals surface area (Å²) in [6.07, 6.45) is 0.623. The van der Waals surface area contributed by atoms with E-state index in [0.29, 0.717) is 13.0 Å². The second-order valence-corrected chi connectivity index (χ2v) is 6.70. The minimum absolute atomic E-state index is 0.0259. The lowest BCUT2D eigenvalue weighted by Crippen LogP contribution is -2.46. The largest absolute Gasteiger partial charge is 0.376 e. The number of ether oxygens (including phenoxy) is 1. The Balaban J connectivity index is 2.84. The van der Waals surface area contributed by atoms with Crippen LogP contribution in [0.15, 0.2) is 22.7 Å². The Morgan fingerprint density at radius 3 is 2.47 bits per heavy atom. The van der Waals surface area contributed by atoms with Gasteiger partial charge in [-0.15, -0.1) is 0 Å². The average molecular weight is 332 g/mol. The third-order valence-corrected chi connectivity index (χ3v) is 3.80. The van der Waals surface area contributed by atoms with E-state index in [1.54, 1.807) is 6.07 Å². The zero-order valence-corrected chi connectivity index (χ0v) is 13.6. The molecule has 0 amide bonds. The number of nitrogens with two attached hydrogens (primary N) is 1. The van der Waals surface area contributed by atoms with Crippen molar-refractivity contribution in [2.75, 3.05) is 6.61 Å². The molecule has 0 saturated heterocycles. The van der Waals surface area contributed by atoms with Crippen LogP contribution in [0.1, 0.15) is 33.3 Å². The first-order valence-corrected chi connectivity index (χ1v) is 7.36. The highest BCUT2D eigenvalue weighted by Crippen LogP contribution is 2.27. The number of benzene rings is 1. The van der Waals surface area contributed by atoms with Gasteiger partial charge in [-0.3, -0.25) is 0 Å². The zero-order chi connectivity index (χ0) is 14.6. The summed E-state index contributed by atoms with van der Waals surface area (Å²) in [6, 6.07) is 4.57. The van der Waals surface area contributed by atoms with Gasteiger partial charge in [-0.25, -0.2) is 4.39 Å². The van der Waals surface area contributed by atoms with Crippen LogP contribution in [-0.4, -0.2) is 18.8 Å². The fourth-order valence-corrected chi connectivity index (χ4v) is 2.76. The fraction of sp³-hybridized carbons (Fsp3) is 0.600. The van der Waals surface area contributed by atoms with Crippen LogP contribution in [0.4, 0.5) is 4.39 Å². The third-order valence-electron chi connectivity index (χ3n) is 3.06. The van der Waals surface area contributed by atoms with Gasteiger partial charge in [0.25, 0.3) is 0 Å². The molecule has 2 nitrogen and oxygen atoms in total. The first-order chi connectivity index (χ1) is 8.75. The molecule has 2 atom stereocenters. The molecule has 0 heterocycles. The van der Waals surface area contributed by atoms with Gasteiger partial charge in [0.15, 0.2) is 0 Å². The second-order valence-electron chi connectivity index (χ2n) is 5.85. The minimum atomic E-state index is -0.249. The highest BCUT2D eigenvalue weighted by atomic mass is 79.9. The molecular formula is C15H23BrFNO. The van der Waals surface area contributed by atoms with Crippen molar-refractivity contribution < 1.29 is 9.13 Å². The minimum Gasteiger partial charge on any atom is -0.376 e. The van der Waals surface area contributed by atoms with Crippen molar-refractivity contribution in [3.8, 4) is 0 Å². The lowest BCUT2D eigenvalue weighted by Gasteiger charge is -2.35. The van der Waals surface area contributed by atoms with Crippen LogP contribution in [0.3, 0.4) is 0 Å². The fourth-order valence-electron chi connectivity index (χ4n) is 2.24. The Morgan fingerprint density at radius 2 is 2.00 bits per heavy atom. The van der Waals surface area contributed by atoms with Gasteiger partial charge in [-0.2, -0.15) is 0 Å². The van der Waals surface area contributed by atoms with Crippen LogP contribution in [0.25, 0.3) is 0 Å². The molecular weight excluding hydrogens is 309 g/mol. The molecule has 0 bridgehead atoms. The molecule has 0 spiro atoms. The van der Waals surface area contributed by atoms with Crippen molar-refractivity contribution in [3.05, 3.63) is 34.1 Å². The molecule has 0 aliphatic rings. The van der Waals surface area contributed by atoms with Crippen LogP contribution in [-0.2, 0) is 11.2 Å². The molecule has 19 heavy (non-hydrogen) atoms. The molecule has 1 rings (SSSR count). The van der Waals surface area contributed by atoms with E-state index >= 15 is 0 Å². The molecule has 0 fully saturated rings. The summed E-state index contributed by atoms with van der Waals surface area (Å²) in [7, 11) is 0. The summed E-state index contributed by atoms with van der Waals surface area (Å²) in [5.41, 5.74) is 7.27. The zero-order valence-electron chi connectivity index (χ0n) is 12.0. The molecule has 0 saturated carbocycles. The van der Waals surface area contributed by atoms with Crippen molar-refractivity contribution in [3.63, 3.8) is 0 Å². The Hall–Kier alpha value is -0.450. The summed E-state index contributed by atoms with van der Waals surface area (Å²) >= 11 is 3.38. The Kier molecular flexibility index (Phi) is 5.96. The van der Waals surface area contributed by atoms with Crippen molar-refractivity contribution in [2.24, 2.45) is 11.1 Å². The lowest BCUT2D eigenvalue weighted by molar-refractivity contribution is -0.0274. The topological polar surface area (TPSA) is 35.2 Å². The van der Waals surface area contributed by atoms with Gasteiger partial charge in [-0.1, -0.05) is 42.8 Å². The molecule has 2 unspecified atom stereocenters. The monoisotopic (exact) mass is 331 g/mol. The number of rotatable bonds is 5. The number of hydrogen-bond acceptors (Lipinski definition) is 2. The van der Waals surface area contributed by atoms with E-state index in [0.717, 1.165) is 10.0 Å². The molecule has 0 aliphatic carbocycles. The van der Waals surface area contributed by atoms with Crippen LogP contribution < -0.4 is 5.73 Å². The maximum Gasteiger partial charge on any atom is 0.124 e. The summed E-state index contributed by atoms with van der Waals surface area (Å²) in [5, 5.41) is 0. The molecule has 2 N–H and O–H groups in total. The summed E-state index contributed by atoms with van der Waals surface area (Å²) in [6.45, 7) is 8.96. The first kappa shape index (κ1) is 16.6. The van der Waals surface area contributed by atoms with E-state index < -0.39 is 0 Å². The van der Waals surface area contributed by atoms with E-state index in [1.165, 1.54) is 12.1 Å². The highest BCUT2D eigenvalue weighted by molar-refractivity contribution is 9.10. The average Bonchev–Trinajstić information content (AvgIpc) is 2.28. The maximum atomic E-state index is 13.1. The van der Waals surface area contributed by atoms with Crippen molar-refractivity contribution in [1.29, 1.82) is 0 Å². The molecule has 1 aromatic rings. The lowest BCUT2D eigenvalue weighted by atomic mass is 9.82. The van der Waals surface area contributed by atoms with Gasteiger partial charge in [0, 0.05) is 17.1 Å². The van der Waals surface area contributed by atoms with E-state index in [2.05, 4.69) is 36.7 Å². The first-order valence-electron chi connectivity index (χ1n) is 6.56. The number of hydrogen-bond donors (Lipinski definition) is 1. The van der Waals surface area contributed by atoms with Crippen molar-refractivity contribution in [1.82, 2.24) is 0 Å². The van der Waals surface area contributed by atoms with Gasteiger partial charge in [0.1, 0.15) is 5.82 Å². The molecule has 108 valence electrons. The van der Waals surface area contributed by atoms with Gasteiger partial charge in [-0.05, 0) is 36.5 Å². The summed E-state index contributed by atoms with van der Waals surface area (Å²) in [5.74, 6) is -0.249. The highest BCUT2D eigenvalue weighted by Gasteiger charge is 2.31. The Labute approximate surface area is 123 Å². The van der Waals surface area contributed by atoms with E-state index in [-0.39, 0.29) is 23.4 Å². The van der Waals surface area contributed by atoms with Crippen LogP contribution in [0, 0.1) is 11.2 Å². The molecule has 4 heteroatoms. The Bertz CT molecular complexity index is 417. The van der Waals surface area contributed by atoms with Gasteiger partial charge in [0.05, 0.1) is 6.10 Å². The quantitative estimate of drug-likeness (QED) is 0.887. The molecule has 0 aliphatic heterocycles. The Morgan fingerprint density at radius 1 is 1.37 bits per heavy atom. The molecule has 0 aromatic heterocycles. The van der Waals surface area contributed by atoms with E-state index in [1.807, 2.05) is 6.92 Å². The predicted octanol–water partition coefficient (Wildman–Crippen LogP) is 3.91. The second kappa shape index (κ2) is 6.82. The van der Waals surface area contributed by atoms with Gasteiger partial charge >= 0.3 is 0 Å². The normalized spacial score (nSPS) is 15.3. The number of halogens is 2. The standard InChI is InChI=1S/C15H23BrFNO/c1-5-19-14(15(2,3)4)13(18)8-10-6-7-11(17)9-12(10)16/h6-7,9,13-14H,5,8,18H2,1-4H3. The molecule has 0 radical (unpaired) electrons. The summed E-state index contributed by atoms with van der Waals surface area (Å²) < 4.78 is 19.6. The summed E-state index contributed by atoms with van der Waals surface area (Å²) in [4.78, 5) is 0. The van der Waals surface area contributed by atoms with Crippen LogP contribution >= 0.6 is 15.9 Å². The SMILES string of the molecule is CCOC(C(N)Cc1ccc(F)cc1Br)C(C)(C)C. The predicted molar refractivity (Wildman–Crippen MR) is 80.6 cm³/mol. The van der Waals surface area contributed by atoms with Crippen molar-refractivity contribution >= 4 is 15.9 Å². The van der Waals surface area contributed by atoms with Crippen LogP contribution in [0.5, 0.6) is 0 Å². The van der Waals surface area contributed by atoms with Crippen molar-refractivity contribution in [2.45, 2.75) is 46.3 Å². The third kappa shape index (κ3) is 4.86. The van der Waals surface area contributed by atoms with E-state index in [9.17, 15) is 4.39 Å². The maximum absolute atomic E-state index is 13.1. The van der Waals surface area contributed by atoms with Gasteiger partial charge < -0.3 is 10.5 Å².